The number of hydrogen-bond donors (Lipinski definition) is 0. The number of nitrogens with zero attached hydrogens (tertiary/aromatic N) is 3. The van der Waals surface area contributed by atoms with Gasteiger partial charge in [0.05, 0.1) is 12.5 Å². The predicted molar refractivity (Wildman–Crippen MR) is 72.4 cm³/mol. The fourth-order valence-electron chi connectivity index (χ4n) is 1.81. The molecule has 0 spiro atoms. The molecule has 3 rings (SSSR count). The van der Waals surface area contributed by atoms with Crippen LogP contribution in [-0.2, 0) is 6.42 Å². The lowest BCUT2D eigenvalue weighted by molar-refractivity contribution is 0.432. The topological polar surface area (TPSA) is 62.7 Å². The van der Waals surface area contributed by atoms with E-state index < -0.39 is 0 Å². The van der Waals surface area contributed by atoms with Crippen LogP contribution in [0.25, 0.3) is 22.8 Å². The second-order valence-corrected chi connectivity index (χ2v) is 4.71. The van der Waals surface area contributed by atoms with E-state index in [1.807, 2.05) is 41.1 Å². The first kappa shape index (κ1) is 11.6. The molecule has 0 aliphatic carbocycles. The van der Waals surface area contributed by atoms with Crippen molar-refractivity contribution >= 4 is 11.3 Å². The van der Waals surface area contributed by atoms with E-state index in [4.69, 9.17) is 9.78 Å². The molecule has 3 aromatic rings. The van der Waals surface area contributed by atoms with Crippen LogP contribution < -0.4 is 0 Å². The molecular formula is C14H9N3OS. The van der Waals surface area contributed by atoms with E-state index in [9.17, 15) is 0 Å². The van der Waals surface area contributed by atoms with Crippen molar-refractivity contribution in [1.29, 1.82) is 5.26 Å². The molecule has 0 bridgehead atoms. The van der Waals surface area contributed by atoms with E-state index in [-0.39, 0.29) is 0 Å². The fourth-order valence-corrected chi connectivity index (χ4v) is 2.44. The summed E-state index contributed by atoms with van der Waals surface area (Å²) in [5.74, 6) is 1.02. The van der Waals surface area contributed by atoms with Gasteiger partial charge in [-0.25, -0.2) is 0 Å². The number of thiophene rings is 1. The van der Waals surface area contributed by atoms with Gasteiger partial charge in [-0.2, -0.15) is 21.6 Å². The van der Waals surface area contributed by atoms with Gasteiger partial charge >= 0.3 is 0 Å². The van der Waals surface area contributed by atoms with E-state index in [1.165, 1.54) is 0 Å². The van der Waals surface area contributed by atoms with Gasteiger partial charge in [0, 0.05) is 16.5 Å². The zero-order valence-corrected chi connectivity index (χ0v) is 10.7. The standard InChI is InChI=1S/C14H9N3OS/c15-7-5-10-3-1-2-4-12(10)14-16-13(17-18-14)11-6-8-19-9-11/h1-4,6,8-9H,5H2. The van der Waals surface area contributed by atoms with Gasteiger partial charge in [-0.1, -0.05) is 23.4 Å². The van der Waals surface area contributed by atoms with Gasteiger partial charge in [0.15, 0.2) is 0 Å². The van der Waals surface area contributed by atoms with Crippen LogP contribution in [0.3, 0.4) is 0 Å². The van der Waals surface area contributed by atoms with Gasteiger partial charge in [-0.3, -0.25) is 0 Å². The summed E-state index contributed by atoms with van der Waals surface area (Å²) in [6.07, 6.45) is 0.326. The first-order valence-corrected chi connectivity index (χ1v) is 6.64. The van der Waals surface area contributed by atoms with Crippen LogP contribution in [0.5, 0.6) is 0 Å². The molecule has 0 atom stereocenters. The Labute approximate surface area is 113 Å². The molecule has 0 amide bonds. The number of benzene rings is 1. The Morgan fingerprint density at radius 1 is 1.26 bits per heavy atom. The maximum Gasteiger partial charge on any atom is 0.258 e. The minimum Gasteiger partial charge on any atom is -0.334 e. The zero-order valence-electron chi connectivity index (χ0n) is 9.91. The molecule has 2 heterocycles. The number of aromatic nitrogens is 2. The van der Waals surface area contributed by atoms with E-state index in [2.05, 4.69) is 16.2 Å². The summed E-state index contributed by atoms with van der Waals surface area (Å²) >= 11 is 1.59. The van der Waals surface area contributed by atoms with Crippen molar-refractivity contribution in [3.8, 4) is 28.9 Å². The molecule has 0 fully saturated rings. The first-order chi connectivity index (χ1) is 9.38. The SMILES string of the molecule is N#CCc1ccccc1-c1nc(-c2ccsc2)no1. The second kappa shape index (κ2) is 5.04. The van der Waals surface area contributed by atoms with E-state index in [0.29, 0.717) is 18.1 Å². The second-order valence-electron chi connectivity index (χ2n) is 3.93. The highest BCUT2D eigenvalue weighted by molar-refractivity contribution is 7.08. The third-order valence-corrected chi connectivity index (χ3v) is 3.41. The molecule has 0 unspecified atom stereocenters. The Hall–Kier alpha value is -2.45. The molecule has 0 aliphatic heterocycles. The average molecular weight is 267 g/mol. The van der Waals surface area contributed by atoms with Crippen molar-refractivity contribution in [3.05, 3.63) is 46.7 Å². The van der Waals surface area contributed by atoms with Crippen molar-refractivity contribution in [3.63, 3.8) is 0 Å². The maximum atomic E-state index is 8.83. The lowest BCUT2D eigenvalue weighted by Gasteiger charge is -2.00. The highest BCUT2D eigenvalue weighted by atomic mass is 32.1. The highest BCUT2D eigenvalue weighted by Crippen LogP contribution is 2.26. The molecule has 1 aromatic carbocycles. The van der Waals surface area contributed by atoms with Gasteiger partial charge in [0.25, 0.3) is 5.89 Å². The van der Waals surface area contributed by atoms with Crippen LogP contribution in [0.2, 0.25) is 0 Å². The Kier molecular flexibility index (Phi) is 3.09. The molecule has 0 saturated heterocycles. The fraction of sp³-hybridized carbons (Fsp3) is 0.0714. The van der Waals surface area contributed by atoms with Crippen LogP contribution in [0.1, 0.15) is 5.56 Å². The quantitative estimate of drug-likeness (QED) is 0.728. The molecule has 19 heavy (non-hydrogen) atoms. The monoisotopic (exact) mass is 267 g/mol. The predicted octanol–water partition coefficient (Wildman–Crippen LogP) is 3.53. The van der Waals surface area contributed by atoms with E-state index in [0.717, 1.165) is 16.7 Å². The minimum absolute atomic E-state index is 0.326. The maximum absolute atomic E-state index is 8.83. The average Bonchev–Trinajstić information content (AvgIpc) is 3.11. The summed E-state index contributed by atoms with van der Waals surface area (Å²) in [6, 6.07) is 11.7. The van der Waals surface area contributed by atoms with Crippen LogP contribution in [0.4, 0.5) is 0 Å². The summed E-state index contributed by atoms with van der Waals surface area (Å²) in [5, 5.41) is 16.7. The lowest BCUT2D eigenvalue weighted by atomic mass is 10.1. The van der Waals surface area contributed by atoms with Crippen LogP contribution in [0.15, 0.2) is 45.6 Å². The molecule has 0 saturated carbocycles. The minimum atomic E-state index is 0.326. The van der Waals surface area contributed by atoms with Gasteiger partial charge in [-0.15, -0.1) is 0 Å². The van der Waals surface area contributed by atoms with Crippen LogP contribution >= 0.6 is 11.3 Å². The molecule has 5 heteroatoms. The van der Waals surface area contributed by atoms with Crippen molar-refractivity contribution in [1.82, 2.24) is 10.1 Å². The summed E-state index contributed by atoms with van der Waals surface area (Å²) in [7, 11) is 0. The summed E-state index contributed by atoms with van der Waals surface area (Å²) in [5.41, 5.74) is 2.65. The molecule has 0 radical (unpaired) electrons. The van der Waals surface area contributed by atoms with Gasteiger partial charge in [-0.05, 0) is 23.1 Å². The van der Waals surface area contributed by atoms with Crippen molar-refractivity contribution in [2.45, 2.75) is 6.42 Å². The van der Waals surface area contributed by atoms with Gasteiger partial charge in [0.1, 0.15) is 0 Å². The third kappa shape index (κ3) is 2.26. The molecule has 92 valence electrons. The summed E-state index contributed by atoms with van der Waals surface area (Å²) < 4.78 is 5.30. The Balaban J connectivity index is 2.02. The number of nitriles is 1. The van der Waals surface area contributed by atoms with Gasteiger partial charge in [0.2, 0.25) is 5.82 Å². The van der Waals surface area contributed by atoms with Crippen LogP contribution in [-0.4, -0.2) is 10.1 Å². The zero-order chi connectivity index (χ0) is 13.1. The Morgan fingerprint density at radius 3 is 2.95 bits per heavy atom. The molecule has 0 N–H and O–H groups in total. The van der Waals surface area contributed by atoms with E-state index >= 15 is 0 Å². The molecule has 4 nitrogen and oxygen atoms in total. The summed E-state index contributed by atoms with van der Waals surface area (Å²) in [6.45, 7) is 0. The Bertz CT molecular complexity index is 725. The smallest absolute Gasteiger partial charge is 0.258 e. The first-order valence-electron chi connectivity index (χ1n) is 5.70. The molecule has 0 aliphatic rings. The van der Waals surface area contributed by atoms with E-state index in [1.54, 1.807) is 11.3 Å². The lowest BCUT2D eigenvalue weighted by Crippen LogP contribution is -1.88. The van der Waals surface area contributed by atoms with Crippen molar-refractivity contribution in [2.75, 3.05) is 0 Å². The van der Waals surface area contributed by atoms with Crippen molar-refractivity contribution in [2.24, 2.45) is 0 Å². The number of rotatable bonds is 3. The van der Waals surface area contributed by atoms with Crippen molar-refractivity contribution < 1.29 is 4.52 Å². The molecule has 2 aromatic heterocycles. The molecular weight excluding hydrogens is 258 g/mol. The largest absolute Gasteiger partial charge is 0.334 e. The Morgan fingerprint density at radius 2 is 2.16 bits per heavy atom. The third-order valence-electron chi connectivity index (χ3n) is 2.72. The normalized spacial score (nSPS) is 10.3. The highest BCUT2D eigenvalue weighted by Gasteiger charge is 2.13. The number of hydrogen-bond acceptors (Lipinski definition) is 5. The van der Waals surface area contributed by atoms with Crippen LogP contribution in [0, 0.1) is 11.3 Å². The summed E-state index contributed by atoms with van der Waals surface area (Å²) in [4.78, 5) is 4.39. The van der Waals surface area contributed by atoms with Gasteiger partial charge < -0.3 is 4.52 Å².